The molecule has 1 aliphatic rings. The number of hydrogen-bond acceptors (Lipinski definition) is 3. The smallest absolute Gasteiger partial charge is 0.243 e. The van der Waals surface area contributed by atoms with Gasteiger partial charge in [0.05, 0.1) is 4.90 Å². The molecule has 0 spiro atoms. The summed E-state index contributed by atoms with van der Waals surface area (Å²) in [5, 5.41) is 1.15. The lowest BCUT2D eigenvalue weighted by Crippen LogP contribution is -2.50. The summed E-state index contributed by atoms with van der Waals surface area (Å²) in [6.45, 7) is 7.17. The number of hydrogen-bond donors (Lipinski definition) is 1. The summed E-state index contributed by atoms with van der Waals surface area (Å²) in [5.41, 5.74) is 4.81. The fourth-order valence-corrected chi connectivity index (χ4v) is 6.45. The third-order valence-electron chi connectivity index (χ3n) is 6.08. The second-order valence-electron chi connectivity index (χ2n) is 8.37. The molecule has 1 aliphatic heterocycles. The third-order valence-corrected chi connectivity index (χ3v) is 8.28. The largest absolute Gasteiger partial charge is 0.361 e. The molecule has 1 fully saturated rings. The summed E-state index contributed by atoms with van der Waals surface area (Å²) in [4.78, 5) is 18.2. The highest BCUT2D eigenvalue weighted by atomic mass is 32.2. The Hall–Kier alpha value is -2.64. The zero-order chi connectivity index (χ0) is 22.2. The standard InChI is InChI=1S/C24H29N3O3S/c1-17-14-18(2)24(19(3)15-17)31(29,30)27-12-10-26(11-13-27)23(28)9-8-20-16-25-22-7-5-4-6-21(20)22/h4-7,14-16,25H,8-13H2,1-3H3. The summed E-state index contributed by atoms with van der Waals surface area (Å²) in [7, 11) is -3.57. The first-order valence-electron chi connectivity index (χ1n) is 10.7. The fourth-order valence-electron chi connectivity index (χ4n) is 4.62. The quantitative estimate of drug-likeness (QED) is 0.661. The van der Waals surface area contributed by atoms with Crippen LogP contribution in [0, 0.1) is 20.8 Å². The maximum atomic E-state index is 13.2. The topological polar surface area (TPSA) is 73.5 Å². The van der Waals surface area contributed by atoms with Gasteiger partial charge in [0.15, 0.2) is 0 Å². The first-order chi connectivity index (χ1) is 14.8. The number of carbonyl (C=O) groups is 1. The number of piperazine rings is 1. The first-order valence-corrected chi connectivity index (χ1v) is 12.1. The van der Waals surface area contributed by atoms with E-state index in [1.165, 1.54) is 4.31 Å². The zero-order valence-corrected chi connectivity index (χ0v) is 19.1. The second-order valence-corrected chi connectivity index (χ2v) is 10.2. The Morgan fingerprint density at radius 1 is 1.00 bits per heavy atom. The number of H-pyrrole nitrogens is 1. The van der Waals surface area contributed by atoms with E-state index in [0.717, 1.165) is 33.2 Å². The van der Waals surface area contributed by atoms with Crippen molar-refractivity contribution in [2.24, 2.45) is 0 Å². The molecule has 164 valence electrons. The highest BCUT2D eigenvalue weighted by molar-refractivity contribution is 7.89. The average Bonchev–Trinajstić information content (AvgIpc) is 3.14. The van der Waals surface area contributed by atoms with Gasteiger partial charge in [0.1, 0.15) is 0 Å². The Morgan fingerprint density at radius 2 is 1.65 bits per heavy atom. The lowest BCUT2D eigenvalue weighted by molar-refractivity contribution is -0.132. The summed E-state index contributed by atoms with van der Waals surface area (Å²) < 4.78 is 28.0. The number of benzene rings is 2. The van der Waals surface area contributed by atoms with Gasteiger partial charge in [0.25, 0.3) is 0 Å². The Kier molecular flexibility index (Phi) is 5.90. The van der Waals surface area contributed by atoms with Crippen molar-refractivity contribution in [1.82, 2.24) is 14.2 Å². The van der Waals surface area contributed by atoms with E-state index in [0.29, 0.717) is 43.9 Å². The number of nitrogens with one attached hydrogen (secondary N) is 1. The van der Waals surface area contributed by atoms with Crippen LogP contribution in [0.2, 0.25) is 0 Å². The highest BCUT2D eigenvalue weighted by Gasteiger charge is 2.32. The number of aryl methyl sites for hydroxylation is 4. The van der Waals surface area contributed by atoms with Gasteiger partial charge in [-0.1, -0.05) is 35.9 Å². The van der Waals surface area contributed by atoms with Crippen LogP contribution in [0.4, 0.5) is 0 Å². The molecule has 0 unspecified atom stereocenters. The van der Waals surface area contributed by atoms with Crippen LogP contribution < -0.4 is 0 Å². The van der Waals surface area contributed by atoms with Crippen LogP contribution in [0.3, 0.4) is 0 Å². The van der Waals surface area contributed by atoms with Gasteiger partial charge in [0, 0.05) is 49.7 Å². The molecule has 1 aromatic heterocycles. The van der Waals surface area contributed by atoms with Gasteiger partial charge in [-0.05, 0) is 49.9 Å². The first kappa shape index (κ1) is 21.6. The summed E-state index contributed by atoms with van der Waals surface area (Å²) in [5.74, 6) is 0.0741. The Morgan fingerprint density at radius 3 is 2.32 bits per heavy atom. The van der Waals surface area contributed by atoms with Crippen LogP contribution in [0.5, 0.6) is 0 Å². The predicted molar refractivity (Wildman–Crippen MR) is 123 cm³/mol. The van der Waals surface area contributed by atoms with E-state index in [1.807, 2.05) is 57.3 Å². The minimum absolute atomic E-state index is 0.0741. The summed E-state index contributed by atoms with van der Waals surface area (Å²) in [6.07, 6.45) is 3.06. The van der Waals surface area contributed by atoms with Gasteiger partial charge in [-0.25, -0.2) is 8.42 Å². The van der Waals surface area contributed by atoms with Crippen LogP contribution >= 0.6 is 0 Å². The van der Waals surface area contributed by atoms with Crippen molar-refractivity contribution < 1.29 is 13.2 Å². The molecule has 31 heavy (non-hydrogen) atoms. The van der Waals surface area contributed by atoms with Crippen molar-refractivity contribution in [2.75, 3.05) is 26.2 Å². The van der Waals surface area contributed by atoms with Crippen molar-refractivity contribution in [2.45, 2.75) is 38.5 Å². The van der Waals surface area contributed by atoms with Crippen molar-refractivity contribution in [1.29, 1.82) is 0 Å². The van der Waals surface area contributed by atoms with E-state index in [2.05, 4.69) is 11.1 Å². The molecule has 2 aromatic carbocycles. The minimum Gasteiger partial charge on any atom is -0.361 e. The molecule has 0 atom stereocenters. The molecular formula is C24H29N3O3S. The molecule has 1 N–H and O–H groups in total. The number of amides is 1. The van der Waals surface area contributed by atoms with Crippen molar-refractivity contribution >= 4 is 26.8 Å². The van der Waals surface area contributed by atoms with E-state index in [9.17, 15) is 13.2 Å². The van der Waals surface area contributed by atoms with E-state index in [1.54, 1.807) is 4.90 Å². The maximum absolute atomic E-state index is 13.2. The number of aromatic amines is 1. The van der Waals surface area contributed by atoms with Crippen molar-refractivity contribution in [3.05, 3.63) is 64.8 Å². The summed E-state index contributed by atoms with van der Waals surface area (Å²) >= 11 is 0. The van der Waals surface area contributed by atoms with Crippen molar-refractivity contribution in [3.63, 3.8) is 0 Å². The molecule has 0 saturated carbocycles. The maximum Gasteiger partial charge on any atom is 0.243 e. The molecule has 3 aromatic rings. The second kappa shape index (κ2) is 8.48. The van der Waals surface area contributed by atoms with E-state index in [4.69, 9.17) is 0 Å². The number of aromatic nitrogens is 1. The summed E-state index contributed by atoms with van der Waals surface area (Å²) in [6, 6.07) is 11.9. The van der Waals surface area contributed by atoms with Gasteiger partial charge < -0.3 is 9.88 Å². The zero-order valence-electron chi connectivity index (χ0n) is 18.3. The number of fused-ring (bicyclic) bond motifs is 1. The van der Waals surface area contributed by atoms with Crippen molar-refractivity contribution in [3.8, 4) is 0 Å². The van der Waals surface area contributed by atoms with E-state index < -0.39 is 10.0 Å². The van der Waals surface area contributed by atoms with Crippen LogP contribution in [0.15, 0.2) is 47.5 Å². The van der Waals surface area contributed by atoms with Crippen LogP contribution in [0.1, 0.15) is 28.7 Å². The minimum atomic E-state index is -3.57. The third kappa shape index (κ3) is 4.25. The number of rotatable bonds is 5. The molecule has 4 rings (SSSR count). The molecule has 0 aliphatic carbocycles. The normalized spacial score (nSPS) is 15.5. The molecule has 0 radical (unpaired) electrons. The Balaban J connectivity index is 1.38. The van der Waals surface area contributed by atoms with Gasteiger partial charge in [0.2, 0.25) is 15.9 Å². The number of nitrogens with zero attached hydrogens (tertiary/aromatic N) is 2. The van der Waals surface area contributed by atoms with Gasteiger partial charge in [-0.3, -0.25) is 4.79 Å². The molecule has 7 heteroatoms. The van der Waals surface area contributed by atoms with E-state index >= 15 is 0 Å². The average molecular weight is 440 g/mol. The Labute approximate surface area is 183 Å². The Bertz CT molecular complexity index is 1200. The molecule has 6 nitrogen and oxygen atoms in total. The fraction of sp³-hybridized carbons (Fsp3) is 0.375. The molecule has 0 bridgehead atoms. The molecule has 1 saturated heterocycles. The molecule has 2 heterocycles. The lowest BCUT2D eigenvalue weighted by Gasteiger charge is -2.34. The number of carbonyl (C=O) groups excluding carboxylic acids is 1. The predicted octanol–water partition coefficient (Wildman–Crippen LogP) is 3.56. The molecular weight excluding hydrogens is 410 g/mol. The monoisotopic (exact) mass is 439 g/mol. The molecule has 1 amide bonds. The lowest BCUT2D eigenvalue weighted by atomic mass is 10.1. The number of para-hydroxylation sites is 1. The highest BCUT2D eigenvalue weighted by Crippen LogP contribution is 2.26. The number of sulfonamides is 1. The van der Waals surface area contributed by atoms with Gasteiger partial charge in [-0.2, -0.15) is 4.31 Å². The van der Waals surface area contributed by atoms with Crippen LogP contribution in [-0.4, -0.2) is 54.7 Å². The van der Waals surface area contributed by atoms with Crippen LogP contribution in [-0.2, 0) is 21.2 Å². The van der Waals surface area contributed by atoms with Crippen LogP contribution in [0.25, 0.3) is 10.9 Å². The van der Waals surface area contributed by atoms with E-state index in [-0.39, 0.29) is 5.91 Å². The van der Waals surface area contributed by atoms with Gasteiger partial charge in [-0.15, -0.1) is 0 Å². The SMILES string of the molecule is Cc1cc(C)c(S(=O)(=O)N2CCN(C(=O)CCc3c[nH]c4ccccc34)CC2)c(C)c1. The van der Waals surface area contributed by atoms with Gasteiger partial charge >= 0.3 is 0 Å².